The lowest BCUT2D eigenvalue weighted by atomic mass is 10.1. The number of urea groups is 1. The highest BCUT2D eigenvalue weighted by molar-refractivity contribution is 8.02. The Balaban J connectivity index is 1.77. The molecular weight excluding hydrogens is 308 g/mol. The molecule has 3 heterocycles. The molecular formula is C14H15ClN4OS. The van der Waals surface area contributed by atoms with Crippen LogP contribution in [-0.2, 0) is 0 Å². The molecule has 7 heteroatoms. The number of allylic oxidation sites excluding steroid dienone is 2. The number of likely N-dealkylation sites (tertiary alicyclic amines) is 1. The van der Waals surface area contributed by atoms with E-state index < -0.39 is 0 Å². The standard InChI is InChI=1S/C14H15ClN4OS/c1-21-13-5-4-11-12(19(13)15)6-8-18(11)14(20)17-10-3-2-7-16-9-10/h2-5,7,9,12H,6,8H2,1H3,(H,17,20). The second-order valence-electron chi connectivity index (χ2n) is 4.74. The zero-order chi connectivity index (χ0) is 14.8. The second-order valence-corrected chi connectivity index (χ2v) is 5.93. The minimum absolute atomic E-state index is 0.0544. The van der Waals surface area contributed by atoms with E-state index in [-0.39, 0.29) is 12.1 Å². The molecule has 0 aliphatic carbocycles. The fourth-order valence-electron chi connectivity index (χ4n) is 2.52. The van der Waals surface area contributed by atoms with E-state index in [1.807, 2.05) is 24.5 Å². The summed E-state index contributed by atoms with van der Waals surface area (Å²) in [6.45, 7) is 0.654. The highest BCUT2D eigenvalue weighted by atomic mass is 35.5. The highest BCUT2D eigenvalue weighted by Gasteiger charge is 2.37. The van der Waals surface area contributed by atoms with Gasteiger partial charge in [0, 0.05) is 30.2 Å². The second kappa shape index (κ2) is 5.99. The van der Waals surface area contributed by atoms with Gasteiger partial charge in [-0.2, -0.15) is 0 Å². The predicted octanol–water partition coefficient (Wildman–Crippen LogP) is 3.25. The zero-order valence-corrected chi connectivity index (χ0v) is 13.1. The first-order valence-corrected chi connectivity index (χ1v) is 8.16. The van der Waals surface area contributed by atoms with E-state index in [9.17, 15) is 4.79 Å². The van der Waals surface area contributed by atoms with Crippen LogP contribution in [0.25, 0.3) is 0 Å². The van der Waals surface area contributed by atoms with E-state index in [4.69, 9.17) is 11.8 Å². The number of nitrogens with one attached hydrogen (secondary N) is 1. The van der Waals surface area contributed by atoms with Crippen molar-refractivity contribution >= 4 is 35.3 Å². The average Bonchev–Trinajstić information content (AvgIpc) is 2.93. The van der Waals surface area contributed by atoms with Crippen LogP contribution in [0.3, 0.4) is 0 Å². The summed E-state index contributed by atoms with van der Waals surface area (Å²) in [7, 11) is 0. The van der Waals surface area contributed by atoms with E-state index in [1.54, 1.807) is 39.5 Å². The fourth-order valence-corrected chi connectivity index (χ4v) is 3.49. The Morgan fingerprint density at radius 1 is 1.52 bits per heavy atom. The number of halogens is 1. The third kappa shape index (κ3) is 2.73. The monoisotopic (exact) mass is 322 g/mol. The Morgan fingerprint density at radius 2 is 2.38 bits per heavy atom. The molecule has 2 amide bonds. The number of amides is 2. The number of rotatable bonds is 2. The molecule has 0 aromatic carbocycles. The topological polar surface area (TPSA) is 48.5 Å². The van der Waals surface area contributed by atoms with E-state index in [0.29, 0.717) is 12.2 Å². The number of carbonyl (C=O) groups is 1. The smallest absolute Gasteiger partial charge is 0.306 e. The summed E-state index contributed by atoms with van der Waals surface area (Å²) in [4.78, 5) is 18.1. The van der Waals surface area contributed by atoms with Crippen molar-refractivity contribution < 1.29 is 4.79 Å². The van der Waals surface area contributed by atoms with Gasteiger partial charge in [-0.3, -0.25) is 14.3 Å². The van der Waals surface area contributed by atoms with Gasteiger partial charge in [0.2, 0.25) is 0 Å². The van der Waals surface area contributed by atoms with E-state index in [2.05, 4.69) is 10.3 Å². The molecule has 0 saturated carbocycles. The van der Waals surface area contributed by atoms with Gasteiger partial charge in [-0.15, -0.1) is 11.8 Å². The highest BCUT2D eigenvalue weighted by Crippen LogP contribution is 2.37. The zero-order valence-electron chi connectivity index (χ0n) is 11.5. The van der Waals surface area contributed by atoms with Crippen molar-refractivity contribution in [2.24, 2.45) is 0 Å². The van der Waals surface area contributed by atoms with Crippen LogP contribution in [0.4, 0.5) is 10.5 Å². The number of nitrogens with zero attached hydrogens (tertiary/aromatic N) is 3. The van der Waals surface area contributed by atoms with Crippen molar-refractivity contribution in [3.8, 4) is 0 Å². The van der Waals surface area contributed by atoms with E-state index in [1.165, 1.54) is 0 Å². The molecule has 1 saturated heterocycles. The van der Waals surface area contributed by atoms with Crippen LogP contribution in [-0.4, -0.2) is 39.2 Å². The number of pyridine rings is 1. The molecule has 1 aromatic heterocycles. The van der Waals surface area contributed by atoms with Crippen molar-refractivity contribution in [3.63, 3.8) is 0 Å². The van der Waals surface area contributed by atoms with Crippen LogP contribution in [0.2, 0.25) is 0 Å². The van der Waals surface area contributed by atoms with Gasteiger partial charge in [-0.05, 0) is 37.0 Å². The summed E-state index contributed by atoms with van der Waals surface area (Å²) in [6, 6.07) is 3.50. The molecule has 2 aliphatic rings. The fraction of sp³-hybridized carbons (Fsp3) is 0.286. The molecule has 1 N–H and O–H groups in total. The molecule has 1 aromatic rings. The van der Waals surface area contributed by atoms with Crippen molar-refractivity contribution in [2.75, 3.05) is 18.1 Å². The maximum Gasteiger partial charge on any atom is 0.326 e. The van der Waals surface area contributed by atoms with Crippen LogP contribution in [0.5, 0.6) is 0 Å². The largest absolute Gasteiger partial charge is 0.326 e. The number of hydrogen-bond acceptors (Lipinski definition) is 4. The molecule has 0 spiro atoms. The third-order valence-electron chi connectivity index (χ3n) is 3.53. The van der Waals surface area contributed by atoms with Crippen LogP contribution in [0.15, 0.2) is 47.4 Å². The van der Waals surface area contributed by atoms with Gasteiger partial charge < -0.3 is 5.32 Å². The van der Waals surface area contributed by atoms with Gasteiger partial charge in [0.1, 0.15) is 0 Å². The minimum Gasteiger partial charge on any atom is -0.306 e. The normalized spacial score (nSPS) is 20.8. The number of hydrogen-bond donors (Lipinski definition) is 1. The number of anilines is 1. The molecule has 21 heavy (non-hydrogen) atoms. The summed E-state index contributed by atoms with van der Waals surface area (Å²) in [5.41, 5.74) is 1.62. The molecule has 1 atom stereocenters. The Kier molecular flexibility index (Phi) is 4.07. The number of aromatic nitrogens is 1. The molecule has 0 radical (unpaired) electrons. The lowest BCUT2D eigenvalue weighted by Gasteiger charge is -2.30. The Bertz CT molecular complexity index is 604. The third-order valence-corrected chi connectivity index (χ3v) is 4.80. The van der Waals surface area contributed by atoms with Crippen LogP contribution < -0.4 is 5.32 Å². The summed E-state index contributed by atoms with van der Waals surface area (Å²) in [5.74, 6) is 0. The van der Waals surface area contributed by atoms with E-state index in [0.717, 1.165) is 17.1 Å². The van der Waals surface area contributed by atoms with Crippen LogP contribution in [0.1, 0.15) is 6.42 Å². The van der Waals surface area contributed by atoms with Crippen molar-refractivity contribution in [1.29, 1.82) is 0 Å². The first kappa shape index (κ1) is 14.3. The molecule has 1 fully saturated rings. The minimum atomic E-state index is -0.150. The lowest BCUT2D eigenvalue weighted by molar-refractivity contribution is 0.229. The molecule has 0 bridgehead atoms. The maximum atomic E-state index is 12.4. The summed E-state index contributed by atoms with van der Waals surface area (Å²) < 4.78 is 1.72. The number of carbonyl (C=O) groups excluding carboxylic acids is 1. The van der Waals surface area contributed by atoms with Gasteiger partial charge in [0.15, 0.2) is 0 Å². The SMILES string of the molecule is CSC1=CC=C2C(CCN2C(=O)Nc2cccnc2)N1Cl. The first-order valence-electron chi connectivity index (χ1n) is 6.60. The first-order chi connectivity index (χ1) is 10.2. The Hall–Kier alpha value is -1.66. The molecule has 2 aliphatic heterocycles. The van der Waals surface area contributed by atoms with E-state index >= 15 is 0 Å². The molecule has 5 nitrogen and oxygen atoms in total. The van der Waals surface area contributed by atoms with Crippen molar-refractivity contribution in [3.05, 3.63) is 47.4 Å². The average molecular weight is 323 g/mol. The predicted molar refractivity (Wildman–Crippen MR) is 85.7 cm³/mol. The van der Waals surface area contributed by atoms with Gasteiger partial charge in [0.05, 0.1) is 23.0 Å². The Morgan fingerprint density at radius 3 is 3.10 bits per heavy atom. The molecule has 1 unspecified atom stereocenters. The van der Waals surface area contributed by atoms with Gasteiger partial charge in [-0.1, -0.05) is 0 Å². The van der Waals surface area contributed by atoms with Gasteiger partial charge in [0.25, 0.3) is 0 Å². The maximum absolute atomic E-state index is 12.4. The van der Waals surface area contributed by atoms with Crippen molar-refractivity contribution in [1.82, 2.24) is 14.3 Å². The summed E-state index contributed by atoms with van der Waals surface area (Å²) >= 11 is 7.95. The van der Waals surface area contributed by atoms with Gasteiger partial charge >= 0.3 is 6.03 Å². The number of thioether (sulfide) groups is 1. The molecule has 110 valence electrons. The number of fused-ring (bicyclic) bond motifs is 1. The van der Waals surface area contributed by atoms with Gasteiger partial charge in [-0.25, -0.2) is 4.79 Å². The van der Waals surface area contributed by atoms with Crippen LogP contribution >= 0.6 is 23.5 Å². The quantitative estimate of drug-likeness (QED) is 0.849. The van der Waals surface area contributed by atoms with Crippen LogP contribution in [0, 0.1) is 0 Å². The summed E-state index contributed by atoms with van der Waals surface area (Å²) in [5, 5.41) is 3.85. The lowest BCUT2D eigenvalue weighted by Crippen LogP contribution is -2.35. The summed E-state index contributed by atoms with van der Waals surface area (Å²) in [6.07, 6.45) is 10.0. The molecule has 3 rings (SSSR count). The Labute approximate surface area is 132 Å². The van der Waals surface area contributed by atoms with Crippen molar-refractivity contribution in [2.45, 2.75) is 12.5 Å².